The van der Waals surface area contributed by atoms with Crippen LogP contribution in [-0.2, 0) is 11.2 Å². The number of nitrogens with one attached hydrogen (secondary N) is 2. The molecule has 4 N–H and O–H groups in total. The second-order valence-corrected chi connectivity index (χ2v) is 6.66. The van der Waals surface area contributed by atoms with Gasteiger partial charge < -0.3 is 20.9 Å². The van der Waals surface area contributed by atoms with E-state index in [4.69, 9.17) is 5.73 Å². The quantitative estimate of drug-likeness (QED) is 0.783. The van der Waals surface area contributed by atoms with E-state index in [1.807, 2.05) is 24.4 Å². The highest BCUT2D eigenvalue weighted by Gasteiger charge is 2.20. The van der Waals surface area contributed by atoms with Gasteiger partial charge in [0.15, 0.2) is 0 Å². The summed E-state index contributed by atoms with van der Waals surface area (Å²) in [7, 11) is 2.14. The number of nitrogens with zero attached hydrogens (tertiary/aromatic N) is 1. The molecule has 23 heavy (non-hydrogen) atoms. The molecule has 1 saturated heterocycles. The van der Waals surface area contributed by atoms with Gasteiger partial charge in [0, 0.05) is 23.6 Å². The van der Waals surface area contributed by atoms with Crippen molar-refractivity contribution >= 4 is 16.8 Å². The van der Waals surface area contributed by atoms with E-state index in [1.165, 1.54) is 0 Å². The Labute approximate surface area is 137 Å². The summed E-state index contributed by atoms with van der Waals surface area (Å²) in [6, 6.07) is 7.59. The summed E-state index contributed by atoms with van der Waals surface area (Å²) in [6.07, 6.45) is 4.81. The fourth-order valence-electron chi connectivity index (χ4n) is 3.27. The van der Waals surface area contributed by atoms with Crippen molar-refractivity contribution in [1.82, 2.24) is 15.2 Å². The molecule has 5 nitrogen and oxygen atoms in total. The average molecular weight is 314 g/mol. The number of hydrogen-bond donors (Lipinski definition) is 3. The maximum atomic E-state index is 12.3. The van der Waals surface area contributed by atoms with Gasteiger partial charge in [-0.2, -0.15) is 0 Å². The van der Waals surface area contributed by atoms with Crippen LogP contribution in [0.1, 0.15) is 18.4 Å². The third kappa shape index (κ3) is 3.92. The van der Waals surface area contributed by atoms with Crippen LogP contribution < -0.4 is 11.1 Å². The van der Waals surface area contributed by atoms with Gasteiger partial charge in [0.1, 0.15) is 0 Å². The Bertz CT molecular complexity index is 658. The highest BCUT2D eigenvalue weighted by molar-refractivity contribution is 5.86. The van der Waals surface area contributed by atoms with E-state index in [2.05, 4.69) is 28.3 Å². The van der Waals surface area contributed by atoms with Gasteiger partial charge in [-0.25, -0.2) is 0 Å². The van der Waals surface area contributed by atoms with Crippen molar-refractivity contribution in [3.63, 3.8) is 0 Å². The molecule has 1 aromatic carbocycles. The van der Waals surface area contributed by atoms with Crippen molar-refractivity contribution in [2.24, 2.45) is 11.7 Å². The molecule has 1 atom stereocenters. The molecule has 1 aromatic heterocycles. The third-order valence-electron chi connectivity index (χ3n) is 4.85. The number of aromatic nitrogens is 1. The van der Waals surface area contributed by atoms with Gasteiger partial charge in [-0.1, -0.05) is 18.2 Å². The summed E-state index contributed by atoms with van der Waals surface area (Å²) < 4.78 is 0. The predicted octanol–water partition coefficient (Wildman–Crippen LogP) is 1.50. The number of likely N-dealkylation sites (tertiary alicyclic amines) is 1. The van der Waals surface area contributed by atoms with Crippen LogP contribution in [0.3, 0.4) is 0 Å². The zero-order chi connectivity index (χ0) is 16.2. The molecule has 1 aliphatic heterocycles. The van der Waals surface area contributed by atoms with Gasteiger partial charge in [0.05, 0.1) is 6.04 Å². The first kappa shape index (κ1) is 16.0. The summed E-state index contributed by atoms with van der Waals surface area (Å²) in [5.74, 6) is 0.532. The number of carbonyl (C=O) groups is 1. The smallest absolute Gasteiger partial charge is 0.237 e. The van der Waals surface area contributed by atoms with Crippen LogP contribution in [-0.4, -0.2) is 48.5 Å². The molecule has 0 spiro atoms. The molecule has 0 aliphatic carbocycles. The Morgan fingerprint density at radius 2 is 2.13 bits per heavy atom. The number of benzene rings is 1. The van der Waals surface area contributed by atoms with Gasteiger partial charge >= 0.3 is 0 Å². The minimum atomic E-state index is -0.500. The second kappa shape index (κ2) is 7.15. The van der Waals surface area contributed by atoms with E-state index in [-0.39, 0.29) is 5.91 Å². The number of para-hydroxylation sites is 1. The number of piperidine rings is 1. The second-order valence-electron chi connectivity index (χ2n) is 6.66. The minimum Gasteiger partial charge on any atom is -0.361 e. The lowest BCUT2D eigenvalue weighted by molar-refractivity contribution is -0.122. The number of nitrogens with two attached hydrogens (primary N) is 1. The molecule has 0 bridgehead atoms. The molecule has 1 fully saturated rings. The number of aromatic amines is 1. The van der Waals surface area contributed by atoms with Gasteiger partial charge in [-0.05, 0) is 56.9 Å². The van der Waals surface area contributed by atoms with Crippen molar-refractivity contribution in [2.75, 3.05) is 26.7 Å². The largest absolute Gasteiger partial charge is 0.361 e. The zero-order valence-corrected chi connectivity index (χ0v) is 13.7. The molecule has 2 aromatic rings. The summed E-state index contributed by atoms with van der Waals surface area (Å²) in [5.41, 5.74) is 8.29. The van der Waals surface area contributed by atoms with Gasteiger partial charge in [-0.3, -0.25) is 4.79 Å². The van der Waals surface area contributed by atoms with Gasteiger partial charge in [0.25, 0.3) is 0 Å². The van der Waals surface area contributed by atoms with Crippen LogP contribution in [0.4, 0.5) is 0 Å². The molecule has 0 unspecified atom stereocenters. The molecule has 2 heterocycles. The van der Waals surface area contributed by atoms with E-state index < -0.39 is 6.04 Å². The predicted molar refractivity (Wildman–Crippen MR) is 93.2 cm³/mol. The SMILES string of the molecule is CN1CCC(CNC(=O)[C@@H](N)Cc2c[nH]c3ccccc23)CC1. The number of H-pyrrole nitrogens is 1. The number of rotatable bonds is 5. The normalized spacial score (nSPS) is 18.2. The van der Waals surface area contributed by atoms with Crippen molar-refractivity contribution in [2.45, 2.75) is 25.3 Å². The minimum absolute atomic E-state index is 0.0470. The highest BCUT2D eigenvalue weighted by Crippen LogP contribution is 2.19. The molecule has 0 saturated carbocycles. The lowest BCUT2D eigenvalue weighted by Gasteiger charge is -2.29. The Morgan fingerprint density at radius 1 is 1.39 bits per heavy atom. The van der Waals surface area contributed by atoms with Crippen LogP contribution in [0.5, 0.6) is 0 Å². The number of carbonyl (C=O) groups excluding carboxylic acids is 1. The Hall–Kier alpha value is -1.85. The number of amides is 1. The van der Waals surface area contributed by atoms with E-state index in [0.29, 0.717) is 12.3 Å². The first-order valence-corrected chi connectivity index (χ1v) is 8.40. The maximum absolute atomic E-state index is 12.3. The van der Waals surface area contributed by atoms with E-state index in [9.17, 15) is 4.79 Å². The summed E-state index contributed by atoms with van der Waals surface area (Å²) in [6.45, 7) is 2.97. The molecule has 1 amide bonds. The van der Waals surface area contributed by atoms with Crippen LogP contribution in [0, 0.1) is 5.92 Å². The summed E-state index contributed by atoms with van der Waals surface area (Å²) in [4.78, 5) is 17.8. The molecule has 1 aliphatic rings. The Morgan fingerprint density at radius 3 is 2.91 bits per heavy atom. The molecule has 124 valence electrons. The Kier molecular flexibility index (Phi) is 4.98. The van der Waals surface area contributed by atoms with Crippen molar-refractivity contribution in [1.29, 1.82) is 0 Å². The average Bonchev–Trinajstić information content (AvgIpc) is 2.97. The van der Waals surface area contributed by atoms with Crippen molar-refractivity contribution in [3.8, 4) is 0 Å². The molecular formula is C18H26N4O. The fourth-order valence-corrected chi connectivity index (χ4v) is 3.27. The fraction of sp³-hybridized carbons (Fsp3) is 0.500. The topological polar surface area (TPSA) is 74.2 Å². The zero-order valence-electron chi connectivity index (χ0n) is 13.7. The van der Waals surface area contributed by atoms with Crippen molar-refractivity contribution < 1.29 is 4.79 Å². The Balaban J connectivity index is 1.51. The van der Waals surface area contributed by atoms with Crippen LogP contribution in [0.2, 0.25) is 0 Å². The van der Waals surface area contributed by atoms with Crippen LogP contribution in [0.15, 0.2) is 30.5 Å². The highest BCUT2D eigenvalue weighted by atomic mass is 16.2. The summed E-state index contributed by atoms with van der Waals surface area (Å²) >= 11 is 0. The lowest BCUT2D eigenvalue weighted by atomic mass is 9.97. The molecular weight excluding hydrogens is 288 g/mol. The standard InChI is InChI=1S/C18H26N4O/c1-22-8-6-13(7-9-22)11-21-18(23)16(19)10-14-12-20-17-5-3-2-4-15(14)17/h2-5,12-13,16,20H,6-11,19H2,1H3,(H,21,23)/t16-/m0/s1. The lowest BCUT2D eigenvalue weighted by Crippen LogP contribution is -2.45. The van der Waals surface area contributed by atoms with Crippen molar-refractivity contribution in [3.05, 3.63) is 36.0 Å². The maximum Gasteiger partial charge on any atom is 0.237 e. The van der Waals surface area contributed by atoms with E-state index >= 15 is 0 Å². The third-order valence-corrected chi connectivity index (χ3v) is 4.85. The molecule has 5 heteroatoms. The van der Waals surface area contributed by atoms with Crippen LogP contribution >= 0.6 is 0 Å². The van der Waals surface area contributed by atoms with Gasteiger partial charge in [-0.15, -0.1) is 0 Å². The molecule has 0 radical (unpaired) electrons. The first-order valence-electron chi connectivity index (χ1n) is 8.40. The monoisotopic (exact) mass is 314 g/mol. The first-order chi connectivity index (χ1) is 11.1. The number of fused-ring (bicyclic) bond motifs is 1. The number of hydrogen-bond acceptors (Lipinski definition) is 3. The molecule has 3 rings (SSSR count). The van der Waals surface area contributed by atoms with E-state index in [0.717, 1.165) is 48.9 Å². The van der Waals surface area contributed by atoms with E-state index in [1.54, 1.807) is 0 Å². The van der Waals surface area contributed by atoms with Gasteiger partial charge in [0.2, 0.25) is 5.91 Å². The summed E-state index contributed by atoms with van der Waals surface area (Å²) in [5, 5.41) is 4.18. The van der Waals surface area contributed by atoms with Crippen LogP contribution in [0.25, 0.3) is 10.9 Å².